The second kappa shape index (κ2) is 4.36. The Balaban J connectivity index is 1.85. The molecule has 15 heavy (non-hydrogen) atoms. The summed E-state index contributed by atoms with van der Waals surface area (Å²) in [7, 11) is -1.19. The summed E-state index contributed by atoms with van der Waals surface area (Å²) in [4.78, 5) is 11.2. The lowest BCUT2D eigenvalue weighted by Crippen LogP contribution is -2.40. The number of carbonyl (C=O) groups excluding carboxylic acids is 1. The van der Waals surface area contributed by atoms with Crippen molar-refractivity contribution in [3.05, 3.63) is 30.3 Å². The van der Waals surface area contributed by atoms with Crippen molar-refractivity contribution in [3.8, 4) is 0 Å². The van der Waals surface area contributed by atoms with Crippen molar-refractivity contribution in [3.63, 3.8) is 0 Å². The van der Waals surface area contributed by atoms with E-state index in [1.807, 2.05) is 6.07 Å². The van der Waals surface area contributed by atoms with E-state index in [1.165, 1.54) is 0 Å². The highest BCUT2D eigenvalue weighted by Gasteiger charge is 2.27. The molecule has 4 nitrogen and oxygen atoms in total. The van der Waals surface area contributed by atoms with Crippen LogP contribution in [-0.4, -0.2) is 24.3 Å². The van der Waals surface area contributed by atoms with Crippen LogP contribution in [0.25, 0.3) is 0 Å². The highest BCUT2D eigenvalue weighted by Crippen LogP contribution is 2.18. The molecule has 1 saturated carbocycles. The molecule has 0 aliphatic heterocycles. The summed E-state index contributed by atoms with van der Waals surface area (Å²) >= 11 is 0. The highest BCUT2D eigenvalue weighted by atomic mass is 16.6. The summed E-state index contributed by atoms with van der Waals surface area (Å²) in [6.07, 6.45) is 1.43. The number of amides is 1. The first-order chi connectivity index (χ1) is 7.25. The summed E-state index contributed by atoms with van der Waals surface area (Å²) in [6, 6.07) is 9.03. The van der Waals surface area contributed by atoms with Gasteiger partial charge < -0.3 is 15.0 Å². The Labute approximate surface area is 88.4 Å². The number of carbonyl (C=O) groups is 1. The quantitative estimate of drug-likeness (QED) is 0.696. The standard InChI is InChI=1S/C10H12BNO3/c13-10(12-9-6-7-9)15-11(14)8-4-2-1-3-5-8/h1-5,9,14H,6-7H2,(H,12,13). The fourth-order valence-electron chi connectivity index (χ4n) is 1.22. The largest absolute Gasteiger partial charge is 0.563 e. The summed E-state index contributed by atoms with van der Waals surface area (Å²) in [5.41, 5.74) is 0.573. The minimum absolute atomic E-state index is 0.237. The van der Waals surface area contributed by atoms with Crippen LogP contribution in [0.5, 0.6) is 0 Å². The Hall–Kier alpha value is -1.49. The van der Waals surface area contributed by atoms with Crippen LogP contribution < -0.4 is 10.8 Å². The zero-order valence-electron chi connectivity index (χ0n) is 8.22. The summed E-state index contributed by atoms with van der Waals surface area (Å²) in [5.74, 6) is 0. The molecule has 2 N–H and O–H groups in total. The maximum absolute atomic E-state index is 11.2. The summed E-state index contributed by atoms with van der Waals surface area (Å²) < 4.78 is 4.79. The molecule has 0 heterocycles. The van der Waals surface area contributed by atoms with Gasteiger partial charge in [-0.25, -0.2) is 4.79 Å². The van der Waals surface area contributed by atoms with E-state index < -0.39 is 13.2 Å². The van der Waals surface area contributed by atoms with E-state index in [-0.39, 0.29) is 6.04 Å². The van der Waals surface area contributed by atoms with Gasteiger partial charge in [0.1, 0.15) is 0 Å². The van der Waals surface area contributed by atoms with Crippen molar-refractivity contribution in [2.24, 2.45) is 0 Å². The minimum Gasteiger partial charge on any atom is -0.489 e. The summed E-state index contributed by atoms with van der Waals surface area (Å²) in [5, 5.41) is 12.2. The van der Waals surface area contributed by atoms with Crippen molar-refractivity contribution in [2.45, 2.75) is 18.9 Å². The first-order valence-corrected chi connectivity index (χ1v) is 4.96. The Bertz CT molecular complexity index is 340. The Kier molecular flexibility index (Phi) is 2.92. The second-order valence-corrected chi connectivity index (χ2v) is 3.59. The first-order valence-electron chi connectivity index (χ1n) is 4.96. The number of hydrogen-bond acceptors (Lipinski definition) is 3. The number of benzene rings is 1. The van der Waals surface area contributed by atoms with E-state index in [9.17, 15) is 9.82 Å². The van der Waals surface area contributed by atoms with Gasteiger partial charge in [0.2, 0.25) is 0 Å². The predicted octanol–water partition coefficient (Wildman–Crippen LogP) is 0.263. The van der Waals surface area contributed by atoms with Gasteiger partial charge in [-0.15, -0.1) is 0 Å². The zero-order chi connectivity index (χ0) is 10.7. The van der Waals surface area contributed by atoms with Gasteiger partial charge in [0.05, 0.1) is 0 Å². The molecule has 0 spiro atoms. The van der Waals surface area contributed by atoms with Gasteiger partial charge in [-0.2, -0.15) is 0 Å². The van der Waals surface area contributed by atoms with E-state index in [2.05, 4.69) is 5.32 Å². The van der Waals surface area contributed by atoms with Crippen LogP contribution in [0.2, 0.25) is 0 Å². The Morgan fingerprint density at radius 2 is 2.07 bits per heavy atom. The van der Waals surface area contributed by atoms with E-state index in [1.54, 1.807) is 24.3 Å². The van der Waals surface area contributed by atoms with Crippen molar-refractivity contribution in [1.29, 1.82) is 0 Å². The topological polar surface area (TPSA) is 58.6 Å². The molecular weight excluding hydrogens is 193 g/mol. The third-order valence-corrected chi connectivity index (χ3v) is 2.20. The lowest BCUT2D eigenvalue weighted by molar-refractivity contribution is 0.192. The molecule has 0 radical (unpaired) electrons. The molecule has 1 aliphatic carbocycles. The van der Waals surface area contributed by atoms with Crippen molar-refractivity contribution in [2.75, 3.05) is 0 Å². The fourth-order valence-corrected chi connectivity index (χ4v) is 1.22. The normalized spacial score (nSPS) is 14.5. The molecule has 1 aromatic carbocycles. The number of hydrogen-bond donors (Lipinski definition) is 2. The van der Waals surface area contributed by atoms with Gasteiger partial charge in [0.25, 0.3) is 0 Å². The van der Waals surface area contributed by atoms with Gasteiger partial charge in [-0.1, -0.05) is 30.3 Å². The number of nitrogens with one attached hydrogen (secondary N) is 1. The highest BCUT2D eigenvalue weighted by molar-refractivity contribution is 6.61. The van der Waals surface area contributed by atoms with Gasteiger partial charge in [0.15, 0.2) is 0 Å². The molecule has 1 amide bonds. The zero-order valence-corrected chi connectivity index (χ0v) is 8.22. The van der Waals surface area contributed by atoms with Gasteiger partial charge in [-0.3, -0.25) is 0 Å². The molecule has 0 atom stereocenters. The third-order valence-electron chi connectivity index (χ3n) is 2.20. The molecule has 5 heteroatoms. The van der Waals surface area contributed by atoms with Crippen LogP contribution in [-0.2, 0) is 4.65 Å². The van der Waals surface area contributed by atoms with E-state index in [0.717, 1.165) is 12.8 Å². The molecule has 1 aromatic rings. The van der Waals surface area contributed by atoms with E-state index in [4.69, 9.17) is 4.65 Å². The second-order valence-electron chi connectivity index (χ2n) is 3.59. The van der Waals surface area contributed by atoms with E-state index in [0.29, 0.717) is 5.46 Å². The molecule has 78 valence electrons. The van der Waals surface area contributed by atoms with Crippen LogP contribution in [0.1, 0.15) is 12.8 Å². The van der Waals surface area contributed by atoms with Gasteiger partial charge in [-0.05, 0) is 18.3 Å². The van der Waals surface area contributed by atoms with Gasteiger partial charge in [0, 0.05) is 6.04 Å². The van der Waals surface area contributed by atoms with Crippen LogP contribution in [0.4, 0.5) is 4.79 Å². The smallest absolute Gasteiger partial charge is 0.489 e. The van der Waals surface area contributed by atoms with Crippen LogP contribution in [0.15, 0.2) is 30.3 Å². The molecule has 1 fully saturated rings. The molecule has 2 rings (SSSR count). The number of rotatable bonds is 3. The SMILES string of the molecule is O=C(NC1CC1)OB(O)c1ccccc1. The van der Waals surface area contributed by atoms with Gasteiger partial charge >= 0.3 is 13.2 Å². The van der Waals surface area contributed by atoms with Crippen LogP contribution in [0.3, 0.4) is 0 Å². The Morgan fingerprint density at radius 3 is 2.67 bits per heavy atom. The first kappa shape index (κ1) is 10.0. The molecule has 1 aliphatic rings. The van der Waals surface area contributed by atoms with E-state index >= 15 is 0 Å². The Morgan fingerprint density at radius 1 is 1.40 bits per heavy atom. The average molecular weight is 205 g/mol. The van der Waals surface area contributed by atoms with Crippen LogP contribution >= 0.6 is 0 Å². The summed E-state index contributed by atoms with van der Waals surface area (Å²) in [6.45, 7) is 0. The molecule has 0 aromatic heterocycles. The van der Waals surface area contributed by atoms with Crippen molar-refractivity contribution >= 4 is 18.7 Å². The monoisotopic (exact) mass is 205 g/mol. The molecular formula is C10H12BNO3. The lowest BCUT2D eigenvalue weighted by atomic mass is 9.80. The average Bonchev–Trinajstić information content (AvgIpc) is 3.03. The molecule has 0 unspecified atom stereocenters. The fraction of sp³-hybridized carbons (Fsp3) is 0.300. The maximum atomic E-state index is 11.2. The lowest BCUT2D eigenvalue weighted by Gasteiger charge is -2.08. The molecule has 0 saturated heterocycles. The van der Waals surface area contributed by atoms with Crippen molar-refractivity contribution in [1.82, 2.24) is 5.32 Å². The third kappa shape index (κ3) is 2.99. The minimum atomic E-state index is -1.19. The predicted molar refractivity (Wildman–Crippen MR) is 56.7 cm³/mol. The van der Waals surface area contributed by atoms with Crippen molar-refractivity contribution < 1.29 is 14.5 Å². The molecule has 0 bridgehead atoms. The maximum Gasteiger partial charge on any atom is 0.563 e. The van der Waals surface area contributed by atoms with Crippen LogP contribution in [0, 0.1) is 0 Å².